The molecule has 1 atom stereocenters. The van der Waals surface area contributed by atoms with Crippen molar-refractivity contribution in [2.45, 2.75) is 38.8 Å². The fraction of sp³-hybridized carbons (Fsp3) is 0.276. The Kier molecular flexibility index (Phi) is 8.84. The Hall–Kier alpha value is -2.81. The number of carbonyl (C=O) groups excluding carboxylic acids is 1. The van der Waals surface area contributed by atoms with Crippen LogP contribution in [-0.2, 0) is 15.5 Å². The fourth-order valence-corrected chi connectivity index (χ4v) is 5.77. The average molecular weight is 508 g/mol. The van der Waals surface area contributed by atoms with Crippen LogP contribution in [0.25, 0.3) is 17.2 Å². The third kappa shape index (κ3) is 7.10. The number of hydrogen-bond acceptors (Lipinski definition) is 3. The number of nitrogens with one attached hydrogen (secondary N) is 1. The lowest BCUT2D eigenvalue weighted by Crippen LogP contribution is -2.15. The van der Waals surface area contributed by atoms with Crippen LogP contribution < -0.4 is 10.1 Å². The molecule has 0 fully saturated rings. The number of carbonyl (C=O) groups is 1. The topological polar surface area (TPSA) is 55.4 Å². The number of fused-ring (bicyclic) bond motifs is 1. The zero-order valence-corrected chi connectivity index (χ0v) is 21.7. The van der Waals surface area contributed by atoms with E-state index in [-0.39, 0.29) is 5.91 Å². The minimum absolute atomic E-state index is 0.140. The van der Waals surface area contributed by atoms with Crippen molar-refractivity contribution in [3.63, 3.8) is 0 Å². The largest absolute Gasteiger partial charge is 0.493 e. The van der Waals surface area contributed by atoms with Crippen LogP contribution in [0.15, 0.2) is 72.3 Å². The van der Waals surface area contributed by atoms with Crippen molar-refractivity contribution < 1.29 is 14.1 Å². The summed E-state index contributed by atoms with van der Waals surface area (Å²) in [5.41, 5.74) is 5.41. The lowest BCUT2D eigenvalue weighted by atomic mass is 10.0. The predicted molar refractivity (Wildman–Crippen MR) is 147 cm³/mol. The molecule has 0 aliphatic carbocycles. The Morgan fingerprint density at radius 2 is 1.74 bits per heavy atom. The van der Waals surface area contributed by atoms with Crippen LogP contribution in [0.5, 0.6) is 5.75 Å². The number of unbranched alkanes of at least 4 members (excludes halogenated alkanes) is 2. The highest BCUT2D eigenvalue weighted by molar-refractivity contribution is 7.43. The van der Waals surface area contributed by atoms with Gasteiger partial charge >= 0.3 is 0 Å². The molecule has 0 spiro atoms. The Labute approximate surface area is 213 Å². The first-order valence-corrected chi connectivity index (χ1v) is 14.4. The third-order valence-corrected chi connectivity index (χ3v) is 8.08. The second kappa shape index (κ2) is 12.2. The SMILES string of the molecule is CCCCC[PH](=O)Cc1ccc(NC(=O)C2=Cc3cc(-c4ccc(Cl)cc4)ccc3OCC2)cc1. The Morgan fingerprint density at radius 3 is 2.49 bits per heavy atom. The zero-order chi connectivity index (χ0) is 24.6. The summed E-state index contributed by atoms with van der Waals surface area (Å²) in [5.74, 6) is 0.628. The van der Waals surface area contributed by atoms with Gasteiger partial charge in [-0.2, -0.15) is 0 Å². The van der Waals surface area contributed by atoms with Gasteiger partial charge in [0.2, 0.25) is 0 Å². The molecule has 1 unspecified atom stereocenters. The predicted octanol–water partition coefficient (Wildman–Crippen LogP) is 8.06. The number of benzene rings is 3. The number of rotatable bonds is 9. The highest BCUT2D eigenvalue weighted by Gasteiger charge is 2.16. The van der Waals surface area contributed by atoms with Gasteiger partial charge in [0.1, 0.15) is 5.75 Å². The van der Waals surface area contributed by atoms with Gasteiger partial charge in [-0.15, -0.1) is 0 Å². The first-order chi connectivity index (χ1) is 17.0. The molecule has 3 aromatic carbocycles. The molecule has 0 bridgehead atoms. The van der Waals surface area contributed by atoms with E-state index in [1.807, 2.05) is 72.8 Å². The standard InChI is InChI=1S/C29H31ClNO3P/c1-2-3-4-17-35(33)20-21-5-12-27(13-6-21)31-29(32)24-15-16-34-28-14-9-23(18-25(28)19-24)22-7-10-26(30)11-8-22/h5-14,18-19,35H,2-4,15-17,20H2,1H3,(H,31,32). The first-order valence-electron chi connectivity index (χ1n) is 12.2. The van der Waals surface area contributed by atoms with Crippen LogP contribution in [0.1, 0.15) is 43.7 Å². The van der Waals surface area contributed by atoms with Crippen molar-refractivity contribution >= 4 is 37.1 Å². The van der Waals surface area contributed by atoms with Crippen molar-refractivity contribution in [2.24, 2.45) is 0 Å². The number of amides is 1. The monoisotopic (exact) mass is 507 g/mol. The summed E-state index contributed by atoms with van der Waals surface area (Å²) in [5, 5.41) is 3.69. The molecule has 3 aromatic rings. The quantitative estimate of drug-likeness (QED) is 0.235. The van der Waals surface area contributed by atoms with E-state index in [0.717, 1.165) is 59.1 Å². The summed E-state index contributed by atoms with van der Waals surface area (Å²) in [6.07, 6.45) is 7.18. The maximum atomic E-state index is 13.0. The van der Waals surface area contributed by atoms with Gasteiger partial charge in [0.15, 0.2) is 0 Å². The number of anilines is 1. The average Bonchev–Trinajstić information content (AvgIpc) is 3.08. The van der Waals surface area contributed by atoms with Crippen molar-refractivity contribution in [3.8, 4) is 16.9 Å². The van der Waals surface area contributed by atoms with E-state index in [9.17, 15) is 9.36 Å². The van der Waals surface area contributed by atoms with E-state index in [2.05, 4.69) is 12.2 Å². The van der Waals surface area contributed by atoms with E-state index in [0.29, 0.717) is 29.8 Å². The molecule has 6 heteroatoms. The lowest BCUT2D eigenvalue weighted by Gasteiger charge is -2.09. The number of ether oxygens (including phenoxy) is 1. The maximum Gasteiger partial charge on any atom is 0.251 e. The highest BCUT2D eigenvalue weighted by atomic mass is 35.5. The van der Waals surface area contributed by atoms with Gasteiger partial charge in [-0.3, -0.25) is 4.79 Å². The van der Waals surface area contributed by atoms with Crippen molar-refractivity contribution in [1.29, 1.82) is 0 Å². The summed E-state index contributed by atoms with van der Waals surface area (Å²) in [6.45, 7) is 2.59. The fourth-order valence-electron chi connectivity index (χ4n) is 4.13. The number of hydrogen-bond donors (Lipinski definition) is 1. The second-order valence-corrected chi connectivity index (χ2v) is 11.2. The minimum atomic E-state index is -1.59. The van der Waals surface area contributed by atoms with Gasteiger partial charge in [-0.05, 0) is 71.7 Å². The maximum absolute atomic E-state index is 13.0. The third-order valence-electron chi connectivity index (χ3n) is 6.11. The smallest absolute Gasteiger partial charge is 0.251 e. The highest BCUT2D eigenvalue weighted by Crippen LogP contribution is 2.32. The molecule has 182 valence electrons. The normalized spacial score (nSPS) is 13.7. The van der Waals surface area contributed by atoms with Crippen LogP contribution in [0, 0.1) is 0 Å². The Balaban J connectivity index is 1.44. The molecule has 4 rings (SSSR count). The Morgan fingerprint density at radius 1 is 1.00 bits per heavy atom. The minimum Gasteiger partial charge on any atom is -0.493 e. The molecule has 35 heavy (non-hydrogen) atoms. The molecule has 1 N–H and O–H groups in total. The summed E-state index contributed by atoms with van der Waals surface area (Å²) < 4.78 is 18.2. The van der Waals surface area contributed by atoms with Gasteiger partial charge < -0.3 is 14.6 Å². The summed E-state index contributed by atoms with van der Waals surface area (Å²) in [7, 11) is -1.59. The van der Waals surface area contributed by atoms with Gasteiger partial charge in [-0.1, -0.05) is 61.7 Å². The first kappa shape index (κ1) is 25.3. The molecular formula is C29H31ClNO3P. The Bertz CT molecular complexity index is 1220. The second-order valence-electron chi connectivity index (χ2n) is 8.85. The van der Waals surface area contributed by atoms with Gasteiger partial charge in [-0.25, -0.2) is 0 Å². The van der Waals surface area contributed by atoms with Gasteiger partial charge in [0.05, 0.1) is 14.4 Å². The molecule has 0 saturated heterocycles. The van der Waals surface area contributed by atoms with Crippen LogP contribution in [-0.4, -0.2) is 18.7 Å². The molecule has 1 aliphatic heterocycles. The molecule has 4 nitrogen and oxygen atoms in total. The molecule has 1 amide bonds. The van der Waals surface area contributed by atoms with E-state index < -0.39 is 7.80 Å². The van der Waals surface area contributed by atoms with Crippen molar-refractivity contribution in [1.82, 2.24) is 0 Å². The molecule has 0 saturated carbocycles. The van der Waals surface area contributed by atoms with Gasteiger partial charge in [0.25, 0.3) is 5.91 Å². The number of halogens is 1. The zero-order valence-electron chi connectivity index (χ0n) is 20.0. The van der Waals surface area contributed by atoms with Crippen LogP contribution in [0.3, 0.4) is 0 Å². The van der Waals surface area contributed by atoms with Crippen LogP contribution in [0.4, 0.5) is 5.69 Å². The van der Waals surface area contributed by atoms with Crippen LogP contribution in [0.2, 0.25) is 5.02 Å². The van der Waals surface area contributed by atoms with Crippen LogP contribution >= 0.6 is 19.4 Å². The van der Waals surface area contributed by atoms with Gasteiger partial charge in [0, 0.05) is 34.4 Å². The van der Waals surface area contributed by atoms with Crippen molar-refractivity contribution in [2.75, 3.05) is 18.1 Å². The van der Waals surface area contributed by atoms with E-state index in [1.165, 1.54) is 0 Å². The molecule has 0 aromatic heterocycles. The molecule has 1 heterocycles. The van der Waals surface area contributed by atoms with E-state index >= 15 is 0 Å². The summed E-state index contributed by atoms with van der Waals surface area (Å²) in [6, 6.07) is 21.4. The summed E-state index contributed by atoms with van der Waals surface area (Å²) in [4.78, 5) is 13.0. The molecule has 1 aliphatic rings. The molecular weight excluding hydrogens is 477 g/mol. The van der Waals surface area contributed by atoms with E-state index in [1.54, 1.807) is 0 Å². The summed E-state index contributed by atoms with van der Waals surface area (Å²) >= 11 is 6.02. The van der Waals surface area contributed by atoms with E-state index in [4.69, 9.17) is 16.3 Å². The molecule has 0 radical (unpaired) electrons. The lowest BCUT2D eigenvalue weighted by molar-refractivity contribution is -0.113. The van der Waals surface area contributed by atoms with Crippen molar-refractivity contribution in [3.05, 3.63) is 88.5 Å².